The molecule has 2 N–H and O–H groups in total. The number of hydrogen-bond donors (Lipinski definition) is 1. The molecule has 0 amide bonds. The molecule has 1 aliphatic rings. The number of halogens is 1. The topological polar surface area (TPSA) is 44.5 Å². The van der Waals surface area contributed by atoms with Gasteiger partial charge in [-0.05, 0) is 92.5 Å². The Kier molecular flexibility index (Phi) is 4.79. The fourth-order valence-corrected chi connectivity index (χ4v) is 3.42. The minimum absolute atomic E-state index is 0.198. The van der Waals surface area contributed by atoms with Crippen molar-refractivity contribution in [3.05, 3.63) is 31.9 Å². The summed E-state index contributed by atoms with van der Waals surface area (Å²) < 4.78 is 13.5. The smallest absolute Gasteiger partial charge is 0.403 e. The summed E-state index contributed by atoms with van der Waals surface area (Å²) in [6.45, 7) is 13.2. The van der Waals surface area contributed by atoms with Crippen molar-refractivity contribution in [3.63, 3.8) is 0 Å². The Labute approximate surface area is 142 Å². The Morgan fingerprint density at radius 2 is 1.62 bits per heavy atom. The van der Waals surface area contributed by atoms with Crippen molar-refractivity contribution in [3.8, 4) is 0 Å². The molecule has 0 radical (unpaired) electrons. The van der Waals surface area contributed by atoms with Crippen LogP contribution in [0.2, 0.25) is 0 Å². The lowest BCUT2D eigenvalue weighted by atomic mass is 9.77. The average molecular weight is 401 g/mol. The zero-order chi connectivity index (χ0) is 16.0. The first-order valence-corrected chi connectivity index (χ1v) is 8.50. The first kappa shape index (κ1) is 17.3. The van der Waals surface area contributed by atoms with E-state index in [1.165, 1.54) is 25.8 Å². The van der Waals surface area contributed by atoms with E-state index in [0.29, 0.717) is 6.54 Å². The van der Waals surface area contributed by atoms with Gasteiger partial charge in [0, 0.05) is 16.4 Å². The quantitative estimate of drug-likeness (QED) is 0.623. The van der Waals surface area contributed by atoms with Crippen LogP contribution in [0.3, 0.4) is 0 Å². The molecule has 0 unspecified atom stereocenters. The van der Waals surface area contributed by atoms with Crippen LogP contribution in [0.4, 0.5) is 0 Å². The van der Waals surface area contributed by atoms with Gasteiger partial charge in [0.15, 0.2) is 0 Å². The van der Waals surface area contributed by atoms with Gasteiger partial charge in [-0.25, -0.2) is 0 Å². The van der Waals surface area contributed by atoms with E-state index in [1.807, 2.05) is 0 Å². The van der Waals surface area contributed by atoms with Crippen LogP contribution in [-0.4, -0.2) is 18.3 Å². The minimum Gasteiger partial charge on any atom is -0.403 e. The van der Waals surface area contributed by atoms with Crippen molar-refractivity contribution in [1.29, 1.82) is 0 Å². The highest BCUT2D eigenvalue weighted by molar-refractivity contribution is 14.1. The molecule has 1 aromatic carbocycles. The summed E-state index contributed by atoms with van der Waals surface area (Å²) >= 11 is 2.38. The molecule has 1 fully saturated rings. The van der Waals surface area contributed by atoms with Crippen LogP contribution in [0.25, 0.3) is 0 Å². The molecule has 0 atom stereocenters. The number of hydrogen-bond acceptors (Lipinski definition) is 3. The summed E-state index contributed by atoms with van der Waals surface area (Å²) in [5.41, 5.74) is 10.4. The molecule has 0 aromatic heterocycles. The van der Waals surface area contributed by atoms with Gasteiger partial charge in [0.2, 0.25) is 0 Å². The van der Waals surface area contributed by atoms with Gasteiger partial charge in [-0.15, -0.1) is 0 Å². The maximum Gasteiger partial charge on any atom is 0.462 e. The van der Waals surface area contributed by atoms with E-state index < -0.39 is 0 Å². The molecular formula is C16H25BINO2. The van der Waals surface area contributed by atoms with Crippen LogP contribution in [-0.2, 0) is 22.2 Å². The summed E-state index contributed by atoms with van der Waals surface area (Å²) in [7, 11) is -0.198. The molecule has 1 saturated heterocycles. The molecule has 0 spiro atoms. The van der Waals surface area contributed by atoms with E-state index in [9.17, 15) is 0 Å². The predicted molar refractivity (Wildman–Crippen MR) is 96.3 cm³/mol. The van der Waals surface area contributed by atoms with Crippen molar-refractivity contribution in [2.45, 2.75) is 65.6 Å². The molecule has 1 heterocycles. The fraction of sp³-hybridized carbons (Fsp3) is 0.625. The van der Waals surface area contributed by atoms with Crippen molar-refractivity contribution in [2.24, 2.45) is 5.73 Å². The molecule has 5 heteroatoms. The van der Waals surface area contributed by atoms with E-state index in [0.717, 1.165) is 6.32 Å². The third-order valence-electron chi connectivity index (χ3n) is 4.94. The van der Waals surface area contributed by atoms with Gasteiger partial charge in [-0.3, -0.25) is 0 Å². The van der Waals surface area contributed by atoms with Gasteiger partial charge in [0.1, 0.15) is 0 Å². The minimum atomic E-state index is -0.280. The standard InChI is InChI=1S/C16H25BINO2/c1-10-12(9-19)7-14(18)11(2)13(10)8-17-20-15(3,4)16(5,6)21-17/h7H,8-9,19H2,1-6H3. The largest absolute Gasteiger partial charge is 0.462 e. The molecule has 2 rings (SSSR count). The van der Waals surface area contributed by atoms with E-state index in [-0.39, 0.29) is 18.3 Å². The van der Waals surface area contributed by atoms with Crippen LogP contribution >= 0.6 is 22.6 Å². The van der Waals surface area contributed by atoms with Gasteiger partial charge in [-0.2, -0.15) is 0 Å². The van der Waals surface area contributed by atoms with Gasteiger partial charge in [-0.1, -0.05) is 0 Å². The Balaban J connectivity index is 2.31. The molecule has 0 saturated carbocycles. The lowest BCUT2D eigenvalue weighted by Crippen LogP contribution is -2.41. The van der Waals surface area contributed by atoms with Crippen molar-refractivity contribution in [1.82, 2.24) is 0 Å². The lowest BCUT2D eigenvalue weighted by molar-refractivity contribution is 0.00578. The van der Waals surface area contributed by atoms with E-state index >= 15 is 0 Å². The Bertz CT molecular complexity index is 542. The molecule has 21 heavy (non-hydrogen) atoms. The Hall–Kier alpha value is -0.105. The SMILES string of the molecule is Cc1c(I)cc(CN)c(C)c1CB1OC(C)(C)C(C)(C)O1. The zero-order valence-corrected chi connectivity index (χ0v) is 16.0. The first-order chi connectivity index (χ1) is 9.59. The molecular weight excluding hydrogens is 376 g/mol. The number of nitrogens with two attached hydrogens (primary N) is 1. The maximum absolute atomic E-state index is 6.14. The second-order valence-electron chi connectivity index (χ2n) is 6.84. The highest BCUT2D eigenvalue weighted by Gasteiger charge is 2.51. The zero-order valence-electron chi connectivity index (χ0n) is 13.8. The summed E-state index contributed by atoms with van der Waals surface area (Å²) in [5.74, 6) is 0. The fourth-order valence-electron chi connectivity index (χ4n) is 2.72. The molecule has 1 aliphatic heterocycles. The van der Waals surface area contributed by atoms with Crippen molar-refractivity contribution >= 4 is 29.7 Å². The normalized spacial score (nSPS) is 20.1. The van der Waals surface area contributed by atoms with E-state index in [2.05, 4.69) is 70.2 Å². The molecule has 116 valence electrons. The molecule has 0 bridgehead atoms. The second-order valence-corrected chi connectivity index (χ2v) is 8.00. The highest BCUT2D eigenvalue weighted by atomic mass is 127. The van der Waals surface area contributed by atoms with Crippen LogP contribution in [0.5, 0.6) is 0 Å². The number of rotatable bonds is 3. The van der Waals surface area contributed by atoms with E-state index in [1.54, 1.807) is 0 Å². The third-order valence-corrected chi connectivity index (χ3v) is 6.06. The molecule has 0 aliphatic carbocycles. The van der Waals surface area contributed by atoms with Gasteiger partial charge < -0.3 is 15.0 Å². The second kappa shape index (κ2) is 5.83. The maximum atomic E-state index is 6.14. The molecule has 3 nitrogen and oxygen atoms in total. The summed E-state index contributed by atoms with van der Waals surface area (Å²) in [4.78, 5) is 0. The lowest BCUT2D eigenvalue weighted by Gasteiger charge is -2.32. The van der Waals surface area contributed by atoms with Crippen LogP contribution in [0.15, 0.2) is 6.07 Å². The Morgan fingerprint density at radius 3 is 2.10 bits per heavy atom. The third kappa shape index (κ3) is 3.16. The predicted octanol–water partition coefficient (Wildman–Crippen LogP) is 3.54. The monoisotopic (exact) mass is 401 g/mol. The van der Waals surface area contributed by atoms with E-state index in [4.69, 9.17) is 15.0 Å². The van der Waals surface area contributed by atoms with Crippen molar-refractivity contribution < 1.29 is 9.31 Å². The van der Waals surface area contributed by atoms with Gasteiger partial charge in [0.25, 0.3) is 0 Å². The van der Waals surface area contributed by atoms with Gasteiger partial charge in [0.05, 0.1) is 11.2 Å². The van der Waals surface area contributed by atoms with Crippen LogP contribution in [0, 0.1) is 17.4 Å². The molecule has 1 aromatic rings. The Morgan fingerprint density at radius 1 is 1.10 bits per heavy atom. The average Bonchev–Trinajstić information content (AvgIpc) is 2.57. The van der Waals surface area contributed by atoms with Gasteiger partial charge >= 0.3 is 7.12 Å². The van der Waals surface area contributed by atoms with Crippen LogP contribution in [0.1, 0.15) is 49.9 Å². The highest BCUT2D eigenvalue weighted by Crippen LogP contribution is 2.38. The summed E-state index contributed by atoms with van der Waals surface area (Å²) in [6.07, 6.45) is 0.772. The summed E-state index contributed by atoms with van der Waals surface area (Å²) in [5, 5.41) is 0. The first-order valence-electron chi connectivity index (χ1n) is 7.42. The number of benzene rings is 1. The van der Waals surface area contributed by atoms with Crippen molar-refractivity contribution in [2.75, 3.05) is 0 Å². The van der Waals surface area contributed by atoms with Crippen LogP contribution < -0.4 is 5.73 Å². The summed E-state index contributed by atoms with van der Waals surface area (Å²) in [6, 6.07) is 2.18.